The van der Waals surface area contributed by atoms with Crippen molar-refractivity contribution in [1.82, 2.24) is 4.98 Å². The van der Waals surface area contributed by atoms with Crippen molar-refractivity contribution in [3.63, 3.8) is 0 Å². The van der Waals surface area contributed by atoms with E-state index in [2.05, 4.69) is 69.4 Å². The maximum atomic E-state index is 10.8. The van der Waals surface area contributed by atoms with E-state index in [-0.39, 0.29) is 0 Å². The molecule has 3 aromatic carbocycles. The quantitative estimate of drug-likeness (QED) is 0.0792. The third kappa shape index (κ3) is 5.18. The van der Waals surface area contributed by atoms with Crippen LogP contribution in [0.1, 0.15) is 22.4 Å². The van der Waals surface area contributed by atoms with E-state index in [4.69, 9.17) is 14.9 Å². The minimum absolute atomic E-state index is 0.477. The molecule has 0 fully saturated rings. The third-order valence-corrected chi connectivity index (χ3v) is 7.01. The number of anilines is 1. The maximum absolute atomic E-state index is 10.8. The summed E-state index contributed by atoms with van der Waals surface area (Å²) < 4.78 is -1.29. The number of hydrogen-bond donors (Lipinski definition) is 2. The maximum Gasteiger partial charge on any atom is 0.350 e. The summed E-state index contributed by atoms with van der Waals surface area (Å²) in [6.07, 6.45) is 2.13. The molecule has 35 heavy (non-hydrogen) atoms. The number of nitrogens with one attached hydrogen (secondary N) is 1. The minimum Gasteiger partial charge on any atom is -0.477 e. The third-order valence-electron chi connectivity index (χ3n) is 5.38. The molecule has 0 radical (unpaired) electrons. The zero-order valence-corrected chi connectivity index (χ0v) is 20.9. The Morgan fingerprint density at radius 2 is 1.46 bits per heavy atom. The van der Waals surface area contributed by atoms with E-state index in [9.17, 15) is 4.79 Å². The molecule has 1 unspecified atom stereocenters. The molecule has 1 heterocycles. The number of carboxylic acids is 1. The van der Waals surface area contributed by atoms with E-state index in [0.29, 0.717) is 17.0 Å². The minimum atomic E-state index is -1.29. The van der Waals surface area contributed by atoms with E-state index in [1.807, 2.05) is 54.6 Å². The number of thiazole rings is 1. The number of benzene rings is 3. The van der Waals surface area contributed by atoms with Crippen LogP contribution in [0.15, 0.2) is 114 Å². The number of nitrogens with zero attached hydrogens (tertiary/aromatic N) is 2. The van der Waals surface area contributed by atoms with Gasteiger partial charge in [0.15, 0.2) is 11.3 Å². The number of aliphatic carboxylic acids is 1. The fourth-order valence-corrected chi connectivity index (χ4v) is 5.02. The topological polar surface area (TPSA) is 83.8 Å². The molecule has 176 valence electrons. The van der Waals surface area contributed by atoms with Crippen LogP contribution >= 0.6 is 27.3 Å². The van der Waals surface area contributed by atoms with Crippen LogP contribution in [0.25, 0.3) is 0 Å². The van der Waals surface area contributed by atoms with Crippen LogP contribution < -0.4 is 5.32 Å². The van der Waals surface area contributed by atoms with Gasteiger partial charge in [-0.25, -0.2) is 9.78 Å². The van der Waals surface area contributed by atoms with Gasteiger partial charge in [-0.1, -0.05) is 103 Å². The molecule has 4 rings (SSSR count). The fourth-order valence-electron chi connectivity index (χ4n) is 3.77. The molecule has 0 amide bonds. The lowest BCUT2D eigenvalue weighted by Gasteiger charge is -2.36. The van der Waals surface area contributed by atoms with Crippen LogP contribution in [0.2, 0.25) is 0 Å². The van der Waals surface area contributed by atoms with Crippen molar-refractivity contribution in [1.29, 1.82) is 0 Å². The first-order chi connectivity index (χ1) is 17.0. The number of carboxylic acid groups (broad SMARTS) is 1. The Balaban J connectivity index is 1.82. The Labute approximate surface area is 215 Å². The van der Waals surface area contributed by atoms with Crippen molar-refractivity contribution in [2.45, 2.75) is 10.0 Å². The summed E-state index contributed by atoms with van der Waals surface area (Å²) in [5.74, 6) is -1.22. The van der Waals surface area contributed by atoms with Crippen LogP contribution in [0.4, 0.5) is 5.13 Å². The standard InChI is InChI=1S/C27H22BrN3O3S/c1-2-26(28,34-29-18-24(32)33)23-19-35-25(30-23)31-27(20-12-6-3-7-13-20,21-14-8-4-9-15-21)22-16-10-5-11-17-22/h2-19H,1H2,(H,30,31)(H,32,33)/b29-18+. The average molecular weight is 548 g/mol. The Hall–Kier alpha value is -3.75. The number of rotatable bonds is 10. The molecule has 0 spiro atoms. The molecule has 1 aromatic heterocycles. The van der Waals surface area contributed by atoms with Crippen LogP contribution in [-0.2, 0) is 19.7 Å². The first-order valence-electron chi connectivity index (χ1n) is 10.7. The summed E-state index contributed by atoms with van der Waals surface area (Å²) >= 11 is 4.83. The van der Waals surface area contributed by atoms with Crippen molar-refractivity contribution in [2.24, 2.45) is 5.16 Å². The average Bonchev–Trinajstić information content (AvgIpc) is 3.38. The molecule has 0 saturated heterocycles. The van der Waals surface area contributed by atoms with Gasteiger partial charge in [0.2, 0.25) is 0 Å². The van der Waals surface area contributed by atoms with E-state index in [1.165, 1.54) is 17.4 Å². The van der Waals surface area contributed by atoms with Crippen molar-refractivity contribution < 1.29 is 14.7 Å². The SMILES string of the molecule is C=CC(Br)(O/N=C/C(=O)O)c1csc(NC(c2ccccc2)(c2ccccc2)c2ccccc2)n1. The van der Waals surface area contributed by atoms with Crippen molar-refractivity contribution >= 4 is 44.6 Å². The molecular weight excluding hydrogens is 526 g/mol. The predicted molar refractivity (Wildman–Crippen MR) is 143 cm³/mol. The molecule has 0 aliphatic carbocycles. The van der Waals surface area contributed by atoms with Gasteiger partial charge in [0, 0.05) is 5.38 Å². The predicted octanol–water partition coefficient (Wildman–Crippen LogP) is 6.37. The monoisotopic (exact) mass is 547 g/mol. The molecule has 0 aliphatic rings. The number of oxime groups is 1. The Morgan fingerprint density at radius 1 is 0.971 bits per heavy atom. The van der Waals surface area contributed by atoms with Crippen LogP contribution in [0.5, 0.6) is 0 Å². The first kappa shape index (κ1) is 24.4. The molecule has 0 aliphatic heterocycles. The molecule has 4 aromatic rings. The zero-order valence-electron chi connectivity index (χ0n) is 18.5. The van der Waals surface area contributed by atoms with Gasteiger partial charge < -0.3 is 15.3 Å². The molecule has 8 heteroatoms. The van der Waals surface area contributed by atoms with Crippen molar-refractivity contribution in [3.05, 3.63) is 131 Å². The molecule has 1 atom stereocenters. The first-order valence-corrected chi connectivity index (χ1v) is 12.3. The largest absolute Gasteiger partial charge is 0.477 e. The van der Waals surface area contributed by atoms with E-state index >= 15 is 0 Å². The highest BCUT2D eigenvalue weighted by atomic mass is 79.9. The lowest BCUT2D eigenvalue weighted by atomic mass is 9.77. The fraction of sp³-hybridized carbons (Fsp3) is 0.0741. The van der Waals surface area contributed by atoms with E-state index in [0.717, 1.165) is 16.7 Å². The van der Waals surface area contributed by atoms with Crippen LogP contribution in [-0.4, -0.2) is 22.3 Å². The number of alkyl halides is 1. The number of halogens is 1. The van der Waals surface area contributed by atoms with Gasteiger partial charge in [-0.2, -0.15) is 0 Å². The van der Waals surface area contributed by atoms with Gasteiger partial charge in [-0.05, 0) is 38.7 Å². The van der Waals surface area contributed by atoms with Gasteiger partial charge >= 0.3 is 5.97 Å². The van der Waals surface area contributed by atoms with Crippen LogP contribution in [0.3, 0.4) is 0 Å². The smallest absolute Gasteiger partial charge is 0.350 e. The van der Waals surface area contributed by atoms with Crippen molar-refractivity contribution in [2.75, 3.05) is 5.32 Å². The second-order valence-electron chi connectivity index (χ2n) is 7.52. The zero-order chi connectivity index (χ0) is 24.7. The van der Waals surface area contributed by atoms with Gasteiger partial charge in [0.1, 0.15) is 11.2 Å². The molecule has 6 nitrogen and oxygen atoms in total. The summed E-state index contributed by atoms with van der Waals surface area (Å²) in [5, 5.41) is 18.5. The lowest BCUT2D eigenvalue weighted by molar-refractivity contribution is -0.129. The molecule has 0 saturated carbocycles. The molecular formula is C27H22BrN3O3S. The van der Waals surface area contributed by atoms with Gasteiger partial charge in [-0.15, -0.1) is 11.3 Å². The summed E-state index contributed by atoms with van der Waals surface area (Å²) in [6, 6.07) is 30.6. The Bertz CT molecular complexity index is 1220. The van der Waals surface area contributed by atoms with E-state index in [1.54, 1.807) is 5.38 Å². The summed E-state index contributed by atoms with van der Waals surface area (Å²) in [5.41, 5.74) is 2.89. The van der Waals surface area contributed by atoms with Gasteiger partial charge in [0.25, 0.3) is 4.51 Å². The van der Waals surface area contributed by atoms with E-state index < -0.39 is 16.0 Å². The van der Waals surface area contributed by atoms with Gasteiger partial charge in [0.05, 0.1) is 0 Å². The molecule has 2 N–H and O–H groups in total. The summed E-state index contributed by atoms with van der Waals surface area (Å²) in [4.78, 5) is 20.9. The van der Waals surface area contributed by atoms with Crippen molar-refractivity contribution in [3.8, 4) is 0 Å². The number of carbonyl (C=O) groups is 1. The normalized spacial score (nSPS) is 13.2. The number of hydrogen-bond acceptors (Lipinski definition) is 6. The Kier molecular flexibility index (Phi) is 7.43. The Morgan fingerprint density at radius 3 is 1.89 bits per heavy atom. The summed E-state index contributed by atoms with van der Waals surface area (Å²) in [7, 11) is 0. The number of aromatic nitrogens is 1. The highest BCUT2D eigenvalue weighted by Gasteiger charge is 2.38. The van der Waals surface area contributed by atoms with Gasteiger partial charge in [-0.3, -0.25) is 0 Å². The highest BCUT2D eigenvalue weighted by Crippen LogP contribution is 2.42. The highest BCUT2D eigenvalue weighted by molar-refractivity contribution is 9.09. The van der Waals surface area contributed by atoms with Crippen LogP contribution in [0, 0.1) is 0 Å². The molecule has 0 bridgehead atoms. The second kappa shape index (κ2) is 10.7. The summed E-state index contributed by atoms with van der Waals surface area (Å²) in [6.45, 7) is 3.78. The second-order valence-corrected chi connectivity index (χ2v) is 9.56. The lowest BCUT2D eigenvalue weighted by Crippen LogP contribution is -2.38.